The van der Waals surface area contributed by atoms with Crippen LogP contribution in [0.2, 0.25) is 0 Å². The van der Waals surface area contributed by atoms with Gasteiger partial charge in [0.25, 0.3) is 0 Å². The molecule has 5 heterocycles. The largest absolute Gasteiger partial charge is 0.457 e. The van der Waals surface area contributed by atoms with Crippen LogP contribution < -0.4 is 4.74 Å². The van der Waals surface area contributed by atoms with Crippen molar-refractivity contribution in [2.45, 2.75) is 5.41 Å². The molecule has 0 saturated heterocycles. The molecule has 0 bridgehead atoms. The highest BCUT2D eigenvalue weighted by Gasteiger charge is 2.50. The van der Waals surface area contributed by atoms with E-state index in [-0.39, 0.29) is 0 Å². The van der Waals surface area contributed by atoms with E-state index in [1.54, 1.807) is 0 Å². The van der Waals surface area contributed by atoms with Crippen LogP contribution in [-0.2, 0) is 5.41 Å². The van der Waals surface area contributed by atoms with E-state index in [0.717, 1.165) is 50.4 Å². The predicted octanol–water partition coefficient (Wildman–Crippen LogP) is 14.9. The molecule has 292 valence electrons. The van der Waals surface area contributed by atoms with E-state index in [1.807, 2.05) is 0 Å². The van der Waals surface area contributed by atoms with E-state index in [2.05, 4.69) is 226 Å². The molecular weight excluding hydrogens is 767 g/mol. The van der Waals surface area contributed by atoms with Gasteiger partial charge in [0.2, 0.25) is 0 Å². The van der Waals surface area contributed by atoms with Gasteiger partial charge in [-0.15, -0.1) is 0 Å². The third-order valence-electron chi connectivity index (χ3n) is 14.2. The fourth-order valence-electron chi connectivity index (χ4n) is 11.8. The first kappa shape index (κ1) is 33.4. The Morgan fingerprint density at radius 1 is 0.302 bits per heavy atom. The molecule has 0 radical (unpaired) electrons. The number of rotatable bonds is 2. The summed E-state index contributed by atoms with van der Waals surface area (Å²) in [4.78, 5) is 0. The molecule has 4 heteroatoms. The van der Waals surface area contributed by atoms with Gasteiger partial charge >= 0.3 is 0 Å². The molecule has 63 heavy (non-hydrogen) atoms. The summed E-state index contributed by atoms with van der Waals surface area (Å²) < 4.78 is 14.5. The molecule has 1 spiro atoms. The molecular formula is C59H35N3O. The lowest BCUT2D eigenvalue weighted by molar-refractivity contribution is 0.435. The maximum absolute atomic E-state index is 7.09. The van der Waals surface area contributed by atoms with Crippen molar-refractivity contribution in [2.75, 3.05) is 0 Å². The summed E-state index contributed by atoms with van der Waals surface area (Å²) in [6.07, 6.45) is 0. The lowest BCUT2D eigenvalue weighted by Gasteiger charge is -2.45. The number of hydrogen-bond acceptors (Lipinski definition) is 1. The van der Waals surface area contributed by atoms with E-state index in [4.69, 9.17) is 4.74 Å². The molecule has 1 atom stereocenters. The Morgan fingerprint density at radius 2 is 0.857 bits per heavy atom. The number of hydrogen-bond donors (Lipinski definition) is 0. The number of aromatic nitrogens is 3. The highest BCUT2D eigenvalue weighted by atomic mass is 16.5. The van der Waals surface area contributed by atoms with Crippen molar-refractivity contribution in [3.8, 4) is 28.6 Å². The zero-order valence-corrected chi connectivity index (χ0v) is 34.0. The van der Waals surface area contributed by atoms with Gasteiger partial charge in [0.15, 0.2) is 0 Å². The third-order valence-corrected chi connectivity index (χ3v) is 14.2. The molecule has 3 aromatic heterocycles. The molecule has 2 aliphatic heterocycles. The topological polar surface area (TPSA) is 24.0 Å². The number of para-hydroxylation sites is 6. The maximum atomic E-state index is 7.09. The average molecular weight is 802 g/mol. The van der Waals surface area contributed by atoms with Gasteiger partial charge in [0, 0.05) is 54.8 Å². The molecule has 0 N–H and O–H groups in total. The van der Waals surface area contributed by atoms with Crippen LogP contribution in [0.3, 0.4) is 0 Å². The lowest BCUT2D eigenvalue weighted by Crippen LogP contribution is -2.37. The molecule has 0 aliphatic carbocycles. The number of fused-ring (bicyclic) bond motifs is 18. The highest BCUT2D eigenvalue weighted by molar-refractivity contribution is 6.15. The number of ether oxygens (including phenoxy) is 1. The van der Waals surface area contributed by atoms with Crippen LogP contribution >= 0.6 is 0 Å². The molecule has 2 aliphatic rings. The molecule has 0 amide bonds. The van der Waals surface area contributed by atoms with Gasteiger partial charge in [-0.25, -0.2) is 0 Å². The fourth-order valence-corrected chi connectivity index (χ4v) is 11.8. The summed E-state index contributed by atoms with van der Waals surface area (Å²) in [6.45, 7) is 0. The quantitative estimate of drug-likeness (QED) is 0.171. The number of nitrogens with zero attached hydrogens (tertiary/aromatic N) is 3. The monoisotopic (exact) mass is 801 g/mol. The summed E-state index contributed by atoms with van der Waals surface area (Å²) in [5.74, 6) is 1.77. The highest BCUT2D eigenvalue weighted by Crippen LogP contribution is 2.61. The summed E-state index contributed by atoms with van der Waals surface area (Å²) in [7, 11) is 0. The normalized spacial score (nSPS) is 15.2. The Kier molecular flexibility index (Phi) is 6.32. The smallest absolute Gasteiger partial charge is 0.133 e. The predicted molar refractivity (Wildman–Crippen MR) is 259 cm³/mol. The van der Waals surface area contributed by atoms with Crippen LogP contribution in [0.1, 0.15) is 22.3 Å². The molecule has 0 fully saturated rings. The lowest BCUT2D eigenvalue weighted by atomic mass is 9.61. The fraction of sp³-hybridized carbons (Fsp3) is 0.0169. The minimum atomic E-state index is -0.669. The summed E-state index contributed by atoms with van der Waals surface area (Å²) >= 11 is 0. The second kappa shape index (κ2) is 11.9. The van der Waals surface area contributed by atoms with E-state index >= 15 is 0 Å². The minimum Gasteiger partial charge on any atom is -0.457 e. The molecule has 0 saturated carbocycles. The van der Waals surface area contributed by atoms with Crippen molar-refractivity contribution in [3.63, 3.8) is 0 Å². The Bertz CT molecular complexity index is 4140. The first-order valence-corrected chi connectivity index (χ1v) is 21.8. The zero-order chi connectivity index (χ0) is 41.0. The van der Waals surface area contributed by atoms with Crippen molar-refractivity contribution >= 4 is 76.2 Å². The van der Waals surface area contributed by atoms with Crippen molar-refractivity contribution in [1.82, 2.24) is 13.7 Å². The SMILES string of the molecule is c1ccc2c(c1)Oc1cc3c4ccccc4n(-c4ccc5c(c4)c4ccccc4n5-c4ccc5ccccc5c4)c3cc1C21c2ccccc2-n2c3ccccc3c3cccc1c32. The minimum absolute atomic E-state index is 0.669. The summed E-state index contributed by atoms with van der Waals surface area (Å²) in [5.41, 5.74) is 14.7. The average Bonchev–Trinajstić information content (AvgIpc) is 3.98. The van der Waals surface area contributed by atoms with Gasteiger partial charge in [-0.05, 0) is 94.7 Å². The standard InChI is InChI=1S/C59H35N3O/c1-2-15-37-32-38(29-28-36(37)14-1)60-50-23-8-4-17-41(50)44-33-39(30-31-53(44)60)61-51-24-9-5-18-42(51)45-34-57-49(35-55(45)61)59(47-21-7-12-27-56(47)63-57)46-20-6-11-26-54(46)62-52-25-10-3-16-40(52)43-19-13-22-48(59)58(43)62/h1-35H. The Hall–Kier alpha value is -8.34. The van der Waals surface area contributed by atoms with Gasteiger partial charge in [0.1, 0.15) is 11.5 Å². The second-order valence-corrected chi connectivity index (χ2v) is 17.2. The molecule has 1 unspecified atom stereocenters. The van der Waals surface area contributed by atoms with Crippen LogP contribution in [0.4, 0.5) is 0 Å². The molecule has 4 nitrogen and oxygen atoms in total. The van der Waals surface area contributed by atoms with Crippen LogP contribution in [0.25, 0.3) is 93.3 Å². The van der Waals surface area contributed by atoms with Crippen LogP contribution in [0, 0.1) is 0 Å². The van der Waals surface area contributed by atoms with Gasteiger partial charge in [-0.2, -0.15) is 0 Å². The molecule has 13 aromatic rings. The summed E-state index contributed by atoms with van der Waals surface area (Å²) in [6, 6.07) is 78.3. The Morgan fingerprint density at radius 3 is 1.67 bits per heavy atom. The van der Waals surface area contributed by atoms with Crippen molar-refractivity contribution in [3.05, 3.63) is 235 Å². The van der Waals surface area contributed by atoms with Crippen LogP contribution in [-0.4, -0.2) is 13.7 Å². The first-order valence-electron chi connectivity index (χ1n) is 21.8. The van der Waals surface area contributed by atoms with Gasteiger partial charge in [-0.3, -0.25) is 0 Å². The van der Waals surface area contributed by atoms with E-state index in [9.17, 15) is 0 Å². The van der Waals surface area contributed by atoms with Crippen molar-refractivity contribution < 1.29 is 4.74 Å². The van der Waals surface area contributed by atoms with E-state index in [0.29, 0.717) is 0 Å². The molecule has 15 rings (SSSR count). The van der Waals surface area contributed by atoms with Gasteiger partial charge < -0.3 is 18.4 Å². The number of benzene rings is 10. The van der Waals surface area contributed by atoms with Crippen molar-refractivity contribution in [2.24, 2.45) is 0 Å². The van der Waals surface area contributed by atoms with E-state index < -0.39 is 5.41 Å². The maximum Gasteiger partial charge on any atom is 0.133 e. The van der Waals surface area contributed by atoms with Crippen LogP contribution in [0.5, 0.6) is 11.5 Å². The Labute approximate surface area is 361 Å². The summed E-state index contributed by atoms with van der Waals surface area (Å²) in [5, 5.41) is 9.79. The van der Waals surface area contributed by atoms with Crippen LogP contribution in [0.15, 0.2) is 212 Å². The second-order valence-electron chi connectivity index (χ2n) is 17.2. The Balaban J connectivity index is 1.05. The van der Waals surface area contributed by atoms with Gasteiger partial charge in [-0.1, -0.05) is 140 Å². The zero-order valence-electron chi connectivity index (χ0n) is 34.0. The van der Waals surface area contributed by atoms with Gasteiger partial charge in [0.05, 0.1) is 44.2 Å². The first-order chi connectivity index (χ1) is 31.3. The van der Waals surface area contributed by atoms with Crippen molar-refractivity contribution in [1.29, 1.82) is 0 Å². The third kappa shape index (κ3) is 4.15. The molecule has 10 aromatic carbocycles. The van der Waals surface area contributed by atoms with E-state index in [1.165, 1.54) is 76.6 Å².